The van der Waals surface area contributed by atoms with E-state index in [1.165, 1.54) is 31.2 Å². The number of benzene rings is 2. The Balaban J connectivity index is 1.58. The van der Waals surface area contributed by atoms with E-state index in [9.17, 15) is 14.0 Å². The highest BCUT2D eigenvalue weighted by atomic mass is 19.1. The van der Waals surface area contributed by atoms with Crippen LogP contribution in [0.25, 0.3) is 27.9 Å². The van der Waals surface area contributed by atoms with Crippen molar-refractivity contribution < 1.29 is 18.4 Å². The SMILES string of the molecule is CC(C(=O)c1ccc(F)cc1)C1(F)C=C(n2cnc3ccc(-c4cn[nH]c4)cc32)C=C[C@H]1C(N)=O. The maximum atomic E-state index is 16.7. The highest BCUT2D eigenvalue weighted by Crippen LogP contribution is 2.41. The molecule has 0 fully saturated rings. The second-order valence-corrected chi connectivity index (χ2v) is 8.53. The molecule has 0 aliphatic heterocycles. The zero-order chi connectivity index (χ0) is 24.7. The number of allylic oxidation sites excluding steroid dienone is 3. The topological polar surface area (TPSA) is 107 Å². The molecule has 0 radical (unpaired) electrons. The predicted molar refractivity (Wildman–Crippen MR) is 127 cm³/mol. The molecule has 3 N–H and O–H groups in total. The lowest BCUT2D eigenvalue weighted by Crippen LogP contribution is -2.48. The number of aromatic nitrogens is 4. The van der Waals surface area contributed by atoms with E-state index >= 15 is 4.39 Å². The number of rotatable bonds is 6. The number of carbonyl (C=O) groups excluding carboxylic acids is 2. The molecule has 176 valence electrons. The van der Waals surface area contributed by atoms with Crippen LogP contribution in [-0.2, 0) is 4.79 Å². The van der Waals surface area contributed by atoms with Gasteiger partial charge in [-0.3, -0.25) is 19.3 Å². The van der Waals surface area contributed by atoms with Gasteiger partial charge in [0.05, 0.1) is 29.1 Å². The minimum Gasteiger partial charge on any atom is -0.369 e. The van der Waals surface area contributed by atoms with Crippen molar-refractivity contribution in [1.82, 2.24) is 19.7 Å². The Labute approximate surface area is 199 Å². The van der Waals surface area contributed by atoms with Crippen LogP contribution in [0.5, 0.6) is 0 Å². The van der Waals surface area contributed by atoms with E-state index in [4.69, 9.17) is 5.73 Å². The largest absolute Gasteiger partial charge is 0.369 e. The van der Waals surface area contributed by atoms with Gasteiger partial charge in [0.1, 0.15) is 12.1 Å². The molecule has 2 aromatic carbocycles. The van der Waals surface area contributed by atoms with Gasteiger partial charge in [-0.05, 0) is 54.1 Å². The Morgan fingerprint density at radius 1 is 1.17 bits per heavy atom. The van der Waals surface area contributed by atoms with Gasteiger partial charge in [0, 0.05) is 23.0 Å². The number of H-pyrrole nitrogens is 1. The van der Waals surface area contributed by atoms with E-state index in [1.54, 1.807) is 29.4 Å². The van der Waals surface area contributed by atoms with Gasteiger partial charge in [-0.2, -0.15) is 5.10 Å². The highest BCUT2D eigenvalue weighted by Gasteiger charge is 2.49. The van der Waals surface area contributed by atoms with Crippen LogP contribution >= 0.6 is 0 Å². The first kappa shape index (κ1) is 22.4. The summed E-state index contributed by atoms with van der Waals surface area (Å²) in [4.78, 5) is 29.7. The van der Waals surface area contributed by atoms with Crippen molar-refractivity contribution in [1.29, 1.82) is 0 Å². The van der Waals surface area contributed by atoms with Gasteiger partial charge in [0.15, 0.2) is 11.5 Å². The number of halogens is 2. The van der Waals surface area contributed by atoms with Crippen molar-refractivity contribution in [3.05, 3.63) is 90.8 Å². The van der Waals surface area contributed by atoms with Crippen molar-refractivity contribution in [3.8, 4) is 11.1 Å². The number of primary amides is 1. The monoisotopic (exact) mass is 473 g/mol. The molecule has 9 heteroatoms. The van der Waals surface area contributed by atoms with Gasteiger partial charge in [-0.25, -0.2) is 13.8 Å². The number of imidazole rings is 1. The summed E-state index contributed by atoms with van der Waals surface area (Å²) in [5.74, 6) is -4.61. The third-order valence-corrected chi connectivity index (χ3v) is 6.45. The van der Waals surface area contributed by atoms with Gasteiger partial charge in [0.2, 0.25) is 5.91 Å². The molecule has 3 atom stereocenters. The third kappa shape index (κ3) is 3.84. The summed E-state index contributed by atoms with van der Waals surface area (Å²) >= 11 is 0. The molecule has 0 saturated heterocycles. The van der Waals surface area contributed by atoms with Gasteiger partial charge >= 0.3 is 0 Å². The second-order valence-electron chi connectivity index (χ2n) is 8.53. The number of aromatic amines is 1. The number of carbonyl (C=O) groups is 2. The minimum absolute atomic E-state index is 0.140. The molecule has 0 bridgehead atoms. The molecular formula is C26H21F2N5O2. The first-order chi connectivity index (χ1) is 16.8. The Morgan fingerprint density at radius 2 is 1.94 bits per heavy atom. The van der Waals surface area contributed by atoms with Gasteiger partial charge in [-0.1, -0.05) is 19.1 Å². The number of Topliss-reactive ketones (excluding diaryl/α,β-unsaturated/α-hetero) is 1. The molecule has 1 aliphatic carbocycles. The van der Waals surface area contributed by atoms with E-state index in [0.717, 1.165) is 23.3 Å². The highest BCUT2D eigenvalue weighted by molar-refractivity contribution is 6.00. The molecule has 35 heavy (non-hydrogen) atoms. The van der Waals surface area contributed by atoms with E-state index in [0.29, 0.717) is 16.7 Å². The second kappa shape index (κ2) is 8.43. The first-order valence-electron chi connectivity index (χ1n) is 10.9. The smallest absolute Gasteiger partial charge is 0.227 e. The summed E-state index contributed by atoms with van der Waals surface area (Å²) in [5.41, 5.74) is 6.79. The molecule has 2 heterocycles. The predicted octanol–water partition coefficient (Wildman–Crippen LogP) is 4.31. The Morgan fingerprint density at radius 3 is 2.63 bits per heavy atom. The van der Waals surface area contributed by atoms with Gasteiger partial charge < -0.3 is 5.73 Å². The number of ketones is 1. The summed E-state index contributed by atoms with van der Waals surface area (Å²) in [5, 5.41) is 6.74. The lowest BCUT2D eigenvalue weighted by atomic mass is 9.73. The number of nitrogens with two attached hydrogens (primary N) is 1. The molecule has 1 aliphatic rings. The lowest BCUT2D eigenvalue weighted by molar-refractivity contribution is -0.124. The fourth-order valence-electron chi connectivity index (χ4n) is 4.43. The standard InChI is InChI=1S/C26H21F2N5O2/c1-15(24(34)16-2-5-19(27)6-3-16)26(28)11-20(7-8-21(26)25(29)35)33-14-30-22-9-4-17(10-23(22)33)18-12-31-32-13-18/h2-15,21H,1H3,(H2,29,35)(H,31,32)/t15?,21-,26?/m0/s1. The number of alkyl halides is 1. The lowest BCUT2D eigenvalue weighted by Gasteiger charge is -2.35. The molecule has 0 spiro atoms. The first-order valence-corrected chi connectivity index (χ1v) is 10.9. The molecule has 2 aromatic heterocycles. The molecule has 7 nitrogen and oxygen atoms in total. The summed E-state index contributed by atoms with van der Waals surface area (Å²) in [7, 11) is 0. The van der Waals surface area contributed by atoms with Crippen LogP contribution in [0.2, 0.25) is 0 Å². The van der Waals surface area contributed by atoms with Gasteiger partial charge in [-0.15, -0.1) is 0 Å². The normalized spacial score (nSPS) is 20.5. The van der Waals surface area contributed by atoms with Crippen molar-refractivity contribution >= 4 is 28.4 Å². The zero-order valence-electron chi connectivity index (χ0n) is 18.7. The van der Waals surface area contributed by atoms with Crippen LogP contribution in [0.3, 0.4) is 0 Å². The van der Waals surface area contributed by atoms with Crippen LogP contribution in [0.1, 0.15) is 17.3 Å². The number of hydrogen-bond donors (Lipinski definition) is 2. The van der Waals surface area contributed by atoms with E-state index in [1.807, 2.05) is 18.2 Å². The summed E-state index contributed by atoms with van der Waals surface area (Å²) in [6, 6.07) is 10.5. The molecule has 2 unspecified atom stereocenters. The number of nitrogens with one attached hydrogen (secondary N) is 1. The Hall–Kier alpha value is -4.40. The molecule has 4 aromatic rings. The van der Waals surface area contributed by atoms with Gasteiger partial charge in [0.25, 0.3) is 0 Å². The quantitative estimate of drug-likeness (QED) is 0.407. The van der Waals surface area contributed by atoms with Crippen LogP contribution < -0.4 is 5.73 Å². The van der Waals surface area contributed by atoms with Crippen LogP contribution in [0, 0.1) is 17.7 Å². The fraction of sp³-hybridized carbons (Fsp3) is 0.154. The average molecular weight is 473 g/mol. The van der Waals surface area contributed by atoms with E-state index in [2.05, 4.69) is 15.2 Å². The van der Waals surface area contributed by atoms with Crippen molar-refractivity contribution in [2.75, 3.05) is 0 Å². The summed E-state index contributed by atoms with van der Waals surface area (Å²) in [6.45, 7) is 1.40. The minimum atomic E-state index is -2.42. The fourth-order valence-corrected chi connectivity index (χ4v) is 4.43. The summed E-state index contributed by atoms with van der Waals surface area (Å²) in [6.07, 6.45) is 9.21. The van der Waals surface area contributed by atoms with Crippen LogP contribution in [-0.4, -0.2) is 37.1 Å². The van der Waals surface area contributed by atoms with Crippen LogP contribution in [0.4, 0.5) is 8.78 Å². The Bertz CT molecular complexity index is 1490. The average Bonchev–Trinajstić information content (AvgIpc) is 3.53. The maximum Gasteiger partial charge on any atom is 0.227 e. The Kier molecular flexibility index (Phi) is 5.39. The number of amides is 1. The van der Waals surface area contributed by atoms with Crippen molar-refractivity contribution in [2.45, 2.75) is 12.6 Å². The zero-order valence-corrected chi connectivity index (χ0v) is 18.7. The molecular weight excluding hydrogens is 452 g/mol. The van der Waals surface area contributed by atoms with Crippen molar-refractivity contribution in [2.24, 2.45) is 17.6 Å². The van der Waals surface area contributed by atoms with Crippen molar-refractivity contribution in [3.63, 3.8) is 0 Å². The molecule has 5 rings (SSSR count). The third-order valence-electron chi connectivity index (χ3n) is 6.45. The number of fused-ring (bicyclic) bond motifs is 1. The summed E-state index contributed by atoms with van der Waals surface area (Å²) < 4.78 is 31.7. The van der Waals surface area contributed by atoms with Crippen LogP contribution in [0.15, 0.2) is 79.4 Å². The molecule has 1 amide bonds. The van der Waals surface area contributed by atoms with E-state index < -0.39 is 35.0 Å². The number of nitrogens with zero attached hydrogens (tertiary/aromatic N) is 3. The number of hydrogen-bond acceptors (Lipinski definition) is 4. The van der Waals surface area contributed by atoms with E-state index in [-0.39, 0.29) is 5.56 Å². The molecule has 0 saturated carbocycles. The maximum absolute atomic E-state index is 16.7.